The highest BCUT2D eigenvalue weighted by Crippen LogP contribution is 2.71. The summed E-state index contributed by atoms with van der Waals surface area (Å²) < 4.78 is 72.6. The molecule has 30 nitrogen and oxygen atoms in total. The molecule has 0 aromatic rings. The van der Waals surface area contributed by atoms with Gasteiger partial charge in [-0.05, 0) is 78.9 Å². The van der Waals surface area contributed by atoms with Crippen molar-refractivity contribution >= 4 is 0 Å². The van der Waals surface area contributed by atoms with E-state index in [-0.39, 0.29) is 48.3 Å². The Morgan fingerprint density at radius 3 is 1.63 bits per heavy atom. The number of aliphatic hydroxyl groups is 18. The lowest BCUT2D eigenvalue weighted by Crippen LogP contribution is -2.69. The first-order chi connectivity index (χ1) is 40.7. The minimum Gasteiger partial charge on any atom is -0.394 e. The molecule has 11 fully saturated rings. The molecule has 4 aliphatic carbocycles. The van der Waals surface area contributed by atoms with Crippen LogP contribution in [-0.2, 0) is 56.8 Å². The Kier molecular flexibility index (Phi) is 19.7. The summed E-state index contributed by atoms with van der Waals surface area (Å²) in [6, 6.07) is 0. The first-order valence-corrected chi connectivity index (χ1v) is 30.5. The van der Waals surface area contributed by atoms with Crippen LogP contribution in [-0.4, -0.2) is 315 Å². The molecular weight excluding hydrogens is 1150 g/mol. The van der Waals surface area contributed by atoms with Crippen molar-refractivity contribution in [2.24, 2.45) is 52.3 Å². The van der Waals surface area contributed by atoms with Gasteiger partial charge < -0.3 is 149 Å². The normalized spacial score (nSPS) is 58.4. The van der Waals surface area contributed by atoms with Gasteiger partial charge >= 0.3 is 0 Å². The smallest absolute Gasteiger partial charge is 0.187 e. The van der Waals surface area contributed by atoms with Crippen molar-refractivity contribution < 1.29 is 149 Å². The van der Waals surface area contributed by atoms with Crippen molar-refractivity contribution in [3.05, 3.63) is 0 Å². The standard InChI is InChI=1S/C56H92O30/c1-18-7-8-56(76-16-18)19(2)30-45(86-56)37(68)32-21-6-5-20-9-25(22(61)10-54(20,3)31(21)23(62)11-55(30,32)4)77-50-42(73)39(70)44(29(15-60)81-50)82-53-48(47(36(67)28(14-59)80-53)84-49-40(71)33(64)24(63)17-75-49)85-52-43(74)46(35(66)27(13-58)79-52)83-51-41(72)38(69)34(65)26(12-57)78-51/h18-53,57-74H,5-17H2,1-4H3/t18-,19-,20+,21-,22-,23+,24-,25-,26-,27-,28-,29-,30+,31-,32-,33+,34-,35-,36-,37+,38+,39-,40-,41-,42-,43-,44-,45+,46+,47+,48-,49+,50-,51+,52+,53+,54+,55-,56-/m0/s1. The van der Waals surface area contributed by atoms with Crippen LogP contribution in [0.3, 0.4) is 0 Å². The molecular formula is C56H92O30. The highest BCUT2D eigenvalue weighted by Gasteiger charge is 2.74. The predicted octanol–water partition coefficient (Wildman–Crippen LogP) is -7.53. The average molecular weight is 1250 g/mol. The third-order valence-corrected chi connectivity index (χ3v) is 22.1. The lowest BCUT2D eigenvalue weighted by atomic mass is 9.43. The first-order valence-electron chi connectivity index (χ1n) is 30.5. The summed E-state index contributed by atoms with van der Waals surface area (Å²) in [7, 11) is 0. The SMILES string of the molecule is C[C@H]1CC[C@]2(OC1)O[C@H]1[C@H](O)[C@@H]3[C@H]4CC[C@@H]5C[C@H](O[C@H]6O[C@@H](CO)[C@H](O[C@H]7O[C@@H](CO)[C@H](O)[C@@H](O[C@H]8OC[C@H](O)[C@@H](O)[C@@H]8O)[C@@H]7O[C@H]7O[C@@H](CO)[C@H](O)[C@@H](O[C@H]8O[C@@H](CO)[C@H](O)[C@@H](O)[C@@H]8O)[C@@H]7O)[C@@H](O)[C@@H]6O)[C@@H](O)C[C@@]5(C)[C@@H]4[C@H](O)C[C@@]3(C)[C@@H]1[C@@H]2C. The number of hydrogen-bond donors (Lipinski definition) is 18. The second kappa shape index (κ2) is 25.6. The zero-order valence-corrected chi connectivity index (χ0v) is 48.4. The van der Waals surface area contributed by atoms with E-state index in [1.165, 1.54) is 0 Å². The van der Waals surface area contributed by atoms with E-state index in [4.69, 9.17) is 56.8 Å². The molecule has 0 aromatic heterocycles. The monoisotopic (exact) mass is 1240 g/mol. The van der Waals surface area contributed by atoms with Gasteiger partial charge in [0, 0.05) is 18.3 Å². The summed E-state index contributed by atoms with van der Waals surface area (Å²) in [5, 5.41) is 200. The van der Waals surface area contributed by atoms with Gasteiger partial charge in [0.05, 0.1) is 70.2 Å². The van der Waals surface area contributed by atoms with Gasteiger partial charge in [0.1, 0.15) is 116 Å². The maximum absolute atomic E-state index is 12.4. The Balaban J connectivity index is 0.803. The van der Waals surface area contributed by atoms with Crippen molar-refractivity contribution in [3.8, 4) is 0 Å². The highest BCUT2D eigenvalue weighted by atomic mass is 16.8. The third-order valence-electron chi connectivity index (χ3n) is 22.1. The predicted molar refractivity (Wildman–Crippen MR) is 279 cm³/mol. The van der Waals surface area contributed by atoms with E-state index in [9.17, 15) is 91.9 Å². The van der Waals surface area contributed by atoms with Gasteiger partial charge in [-0.2, -0.15) is 0 Å². The summed E-state index contributed by atoms with van der Waals surface area (Å²) in [5.74, 6) is -1.15. The van der Waals surface area contributed by atoms with Crippen LogP contribution in [0.2, 0.25) is 0 Å². The molecule has 11 rings (SSSR count). The molecule has 7 aliphatic heterocycles. The molecule has 0 aromatic carbocycles. The van der Waals surface area contributed by atoms with Crippen molar-refractivity contribution in [2.75, 3.05) is 39.6 Å². The molecule has 7 saturated heterocycles. The van der Waals surface area contributed by atoms with Crippen LogP contribution in [0.5, 0.6) is 0 Å². The zero-order valence-electron chi connectivity index (χ0n) is 48.4. The van der Waals surface area contributed by atoms with Crippen molar-refractivity contribution in [3.63, 3.8) is 0 Å². The third kappa shape index (κ3) is 11.3. The van der Waals surface area contributed by atoms with Crippen molar-refractivity contribution in [2.45, 2.75) is 256 Å². The Bertz CT molecular complexity index is 2250. The quantitative estimate of drug-likeness (QED) is 0.0719. The van der Waals surface area contributed by atoms with Gasteiger partial charge in [-0.1, -0.05) is 27.7 Å². The van der Waals surface area contributed by atoms with Gasteiger partial charge in [0.15, 0.2) is 37.2 Å². The summed E-state index contributed by atoms with van der Waals surface area (Å²) in [6.45, 7) is 4.68. The molecule has 30 heteroatoms. The van der Waals surface area contributed by atoms with E-state index in [1.54, 1.807) is 0 Å². The molecule has 0 unspecified atom stereocenters. The van der Waals surface area contributed by atoms with E-state index in [0.29, 0.717) is 31.8 Å². The lowest BCUT2D eigenvalue weighted by molar-refractivity contribution is -0.410. The maximum Gasteiger partial charge on any atom is 0.187 e. The fourth-order valence-corrected chi connectivity index (χ4v) is 17.6. The number of rotatable bonds is 14. The Morgan fingerprint density at radius 1 is 0.430 bits per heavy atom. The minimum absolute atomic E-state index is 0.0147. The summed E-state index contributed by atoms with van der Waals surface area (Å²) in [4.78, 5) is 0. The molecule has 11 aliphatic rings. The molecule has 4 saturated carbocycles. The second-order valence-corrected chi connectivity index (χ2v) is 27.1. The van der Waals surface area contributed by atoms with Gasteiger partial charge in [0.2, 0.25) is 0 Å². The molecule has 0 amide bonds. The van der Waals surface area contributed by atoms with E-state index in [0.717, 1.165) is 12.8 Å². The van der Waals surface area contributed by atoms with Crippen LogP contribution in [0.25, 0.3) is 0 Å². The topological polar surface area (TPSA) is 475 Å². The Hall–Kier alpha value is -1.20. The summed E-state index contributed by atoms with van der Waals surface area (Å²) >= 11 is 0. The fourth-order valence-electron chi connectivity index (χ4n) is 17.6. The van der Waals surface area contributed by atoms with Crippen LogP contribution in [0.4, 0.5) is 0 Å². The first kappa shape index (κ1) is 66.3. The van der Waals surface area contributed by atoms with Crippen LogP contribution >= 0.6 is 0 Å². The minimum atomic E-state index is -2.23. The van der Waals surface area contributed by atoms with Crippen LogP contribution in [0.15, 0.2) is 0 Å². The van der Waals surface area contributed by atoms with Crippen LogP contribution in [0, 0.1) is 52.3 Å². The molecule has 0 bridgehead atoms. The lowest BCUT2D eigenvalue weighted by Gasteiger charge is -2.63. The van der Waals surface area contributed by atoms with Crippen molar-refractivity contribution in [1.29, 1.82) is 0 Å². The van der Waals surface area contributed by atoms with Gasteiger partial charge in [0.25, 0.3) is 0 Å². The van der Waals surface area contributed by atoms with Crippen LogP contribution < -0.4 is 0 Å². The molecule has 18 N–H and O–H groups in total. The molecule has 496 valence electrons. The summed E-state index contributed by atoms with van der Waals surface area (Å²) in [5.41, 5.74) is -1.09. The number of hydrogen-bond acceptors (Lipinski definition) is 30. The number of fused-ring (bicyclic) bond motifs is 7. The average Bonchev–Trinajstić information content (AvgIpc) is 1.47. The van der Waals surface area contributed by atoms with Gasteiger partial charge in [-0.15, -0.1) is 0 Å². The highest BCUT2D eigenvalue weighted by molar-refractivity contribution is 5.20. The fraction of sp³-hybridized carbons (Fsp3) is 1.00. The second-order valence-electron chi connectivity index (χ2n) is 27.1. The molecule has 86 heavy (non-hydrogen) atoms. The van der Waals surface area contributed by atoms with Crippen molar-refractivity contribution in [1.82, 2.24) is 0 Å². The number of ether oxygens (including phenoxy) is 12. The summed E-state index contributed by atoms with van der Waals surface area (Å²) in [6.07, 6.45) is -46.2. The maximum atomic E-state index is 12.4. The Labute approximate surface area is 495 Å². The van der Waals surface area contributed by atoms with E-state index in [2.05, 4.69) is 27.7 Å². The molecule has 1 spiro atoms. The van der Waals surface area contributed by atoms with E-state index in [1.807, 2.05) is 0 Å². The molecule has 39 atom stereocenters. The van der Waals surface area contributed by atoms with E-state index >= 15 is 0 Å². The van der Waals surface area contributed by atoms with Gasteiger partial charge in [-0.3, -0.25) is 0 Å². The van der Waals surface area contributed by atoms with E-state index < -0.39 is 228 Å². The van der Waals surface area contributed by atoms with Crippen LogP contribution in [0.1, 0.15) is 72.6 Å². The molecule has 0 radical (unpaired) electrons. The Morgan fingerprint density at radius 2 is 0.977 bits per heavy atom. The van der Waals surface area contributed by atoms with Gasteiger partial charge in [-0.25, -0.2) is 0 Å². The zero-order chi connectivity index (χ0) is 62.0. The number of aliphatic hydroxyl groups excluding tert-OH is 18. The largest absolute Gasteiger partial charge is 0.394 e. The molecule has 7 heterocycles.